The van der Waals surface area contributed by atoms with Crippen molar-refractivity contribution in [1.29, 1.82) is 0 Å². The number of halogens is 1. The Morgan fingerprint density at radius 3 is 2.85 bits per heavy atom. The van der Waals surface area contributed by atoms with Crippen molar-refractivity contribution >= 4 is 11.6 Å². The van der Waals surface area contributed by atoms with Gasteiger partial charge in [0.1, 0.15) is 6.61 Å². The van der Waals surface area contributed by atoms with E-state index in [-0.39, 0.29) is 11.3 Å². The molecule has 2 aromatic rings. The van der Waals surface area contributed by atoms with Crippen LogP contribution in [-0.2, 0) is 4.74 Å². The van der Waals surface area contributed by atoms with E-state index in [2.05, 4.69) is 27.0 Å². The summed E-state index contributed by atoms with van der Waals surface area (Å²) in [6.07, 6.45) is 5.49. The molecule has 0 aliphatic heterocycles. The number of hydrogen-bond donors (Lipinski definition) is 0. The summed E-state index contributed by atoms with van der Waals surface area (Å²) in [5, 5.41) is 4.09. The summed E-state index contributed by atoms with van der Waals surface area (Å²) in [5.41, 5.74) is 0. The van der Waals surface area contributed by atoms with E-state index in [0.717, 1.165) is 19.4 Å². The van der Waals surface area contributed by atoms with E-state index < -0.39 is 0 Å². The van der Waals surface area contributed by atoms with Gasteiger partial charge in [-0.3, -0.25) is 0 Å². The standard InChI is InChI=1S/C12H16ClN5O2/c1-2-3-7-19-8-9-20-12-16-10(13)15-11(17-12)18-6-4-5-14-18/h4-6H,2-3,7-9H2,1H3. The summed E-state index contributed by atoms with van der Waals surface area (Å²) in [7, 11) is 0. The van der Waals surface area contributed by atoms with E-state index >= 15 is 0 Å². The largest absolute Gasteiger partial charge is 0.461 e. The third kappa shape index (κ3) is 4.43. The highest BCUT2D eigenvalue weighted by atomic mass is 35.5. The van der Waals surface area contributed by atoms with Crippen LogP contribution in [0, 0.1) is 0 Å². The Morgan fingerprint density at radius 2 is 2.10 bits per heavy atom. The van der Waals surface area contributed by atoms with Gasteiger partial charge in [-0.15, -0.1) is 0 Å². The number of aromatic nitrogens is 5. The highest BCUT2D eigenvalue weighted by Gasteiger charge is 2.07. The molecule has 0 aromatic carbocycles. The molecule has 0 aliphatic carbocycles. The second-order valence-electron chi connectivity index (χ2n) is 3.95. The van der Waals surface area contributed by atoms with Crippen molar-refractivity contribution in [3.63, 3.8) is 0 Å². The predicted molar refractivity (Wildman–Crippen MR) is 73.2 cm³/mol. The lowest BCUT2D eigenvalue weighted by Crippen LogP contribution is -2.11. The molecule has 2 rings (SSSR count). The molecule has 2 heterocycles. The van der Waals surface area contributed by atoms with Gasteiger partial charge in [0.15, 0.2) is 0 Å². The van der Waals surface area contributed by atoms with E-state index in [1.807, 2.05) is 0 Å². The fraction of sp³-hybridized carbons (Fsp3) is 0.500. The SMILES string of the molecule is CCCCOCCOc1nc(Cl)nc(-n2cccn2)n1. The quantitative estimate of drug-likeness (QED) is 0.693. The molecule has 0 bridgehead atoms. The van der Waals surface area contributed by atoms with Crippen LogP contribution >= 0.6 is 11.6 Å². The third-order valence-electron chi connectivity index (χ3n) is 2.39. The fourth-order valence-electron chi connectivity index (χ4n) is 1.42. The third-order valence-corrected chi connectivity index (χ3v) is 2.56. The minimum Gasteiger partial charge on any atom is -0.461 e. The van der Waals surface area contributed by atoms with Crippen molar-refractivity contribution in [1.82, 2.24) is 24.7 Å². The smallest absolute Gasteiger partial charge is 0.322 e. The molecule has 7 nitrogen and oxygen atoms in total. The van der Waals surface area contributed by atoms with Crippen LogP contribution in [0.2, 0.25) is 5.28 Å². The van der Waals surface area contributed by atoms with Gasteiger partial charge in [0, 0.05) is 19.0 Å². The predicted octanol–water partition coefficient (Wildman–Crippen LogP) is 1.91. The van der Waals surface area contributed by atoms with Crippen molar-refractivity contribution in [2.45, 2.75) is 19.8 Å². The summed E-state index contributed by atoms with van der Waals surface area (Å²) in [6.45, 7) is 3.70. The first kappa shape index (κ1) is 14.7. The topological polar surface area (TPSA) is 75.0 Å². The number of unbranched alkanes of at least 4 members (excludes halogenated alkanes) is 1. The van der Waals surface area contributed by atoms with Crippen molar-refractivity contribution in [3.05, 3.63) is 23.7 Å². The lowest BCUT2D eigenvalue weighted by Gasteiger charge is -2.06. The molecule has 108 valence electrons. The number of ether oxygens (including phenoxy) is 2. The molecule has 0 aliphatic rings. The lowest BCUT2D eigenvalue weighted by atomic mass is 10.4. The molecule has 2 aromatic heterocycles. The van der Waals surface area contributed by atoms with Crippen LogP contribution in [0.15, 0.2) is 18.5 Å². The highest BCUT2D eigenvalue weighted by molar-refractivity contribution is 6.28. The molecule has 0 N–H and O–H groups in total. The van der Waals surface area contributed by atoms with E-state index in [1.54, 1.807) is 18.5 Å². The van der Waals surface area contributed by atoms with Gasteiger partial charge < -0.3 is 9.47 Å². The number of nitrogens with zero attached hydrogens (tertiary/aromatic N) is 5. The average Bonchev–Trinajstić information content (AvgIpc) is 2.96. The summed E-state index contributed by atoms with van der Waals surface area (Å²) in [4.78, 5) is 12.0. The van der Waals surface area contributed by atoms with Gasteiger partial charge in [-0.2, -0.15) is 20.1 Å². The molecule has 0 atom stereocenters. The molecule has 0 spiro atoms. The Morgan fingerprint density at radius 1 is 1.20 bits per heavy atom. The first-order valence-corrected chi connectivity index (χ1v) is 6.79. The minimum absolute atomic E-state index is 0.0624. The minimum atomic E-state index is 0.0624. The Kier molecular flexibility index (Phi) is 5.69. The maximum atomic E-state index is 5.83. The molecule has 0 saturated heterocycles. The number of rotatable bonds is 8. The summed E-state index contributed by atoms with van der Waals surface area (Å²) >= 11 is 5.83. The van der Waals surface area contributed by atoms with Gasteiger partial charge in [-0.25, -0.2) is 4.68 Å². The van der Waals surface area contributed by atoms with Crippen LogP contribution in [0.25, 0.3) is 5.95 Å². The zero-order valence-electron chi connectivity index (χ0n) is 11.2. The molecule has 20 heavy (non-hydrogen) atoms. The average molecular weight is 298 g/mol. The van der Waals surface area contributed by atoms with Crippen LogP contribution in [-0.4, -0.2) is 44.6 Å². The van der Waals surface area contributed by atoms with Gasteiger partial charge in [0.25, 0.3) is 5.95 Å². The molecule has 0 fully saturated rings. The van der Waals surface area contributed by atoms with Gasteiger partial charge >= 0.3 is 6.01 Å². The maximum absolute atomic E-state index is 5.83. The van der Waals surface area contributed by atoms with Crippen molar-refractivity contribution in [2.24, 2.45) is 0 Å². The van der Waals surface area contributed by atoms with E-state index in [0.29, 0.717) is 19.2 Å². The van der Waals surface area contributed by atoms with Crippen LogP contribution in [0.4, 0.5) is 0 Å². The Hall–Kier alpha value is -1.73. The zero-order chi connectivity index (χ0) is 14.2. The zero-order valence-corrected chi connectivity index (χ0v) is 12.0. The second kappa shape index (κ2) is 7.76. The highest BCUT2D eigenvalue weighted by Crippen LogP contribution is 2.10. The Labute approximate surface area is 121 Å². The summed E-state index contributed by atoms with van der Waals surface area (Å²) < 4.78 is 12.3. The Bertz CT molecular complexity index is 521. The monoisotopic (exact) mass is 297 g/mol. The van der Waals surface area contributed by atoms with Gasteiger partial charge in [0.2, 0.25) is 5.28 Å². The van der Waals surface area contributed by atoms with Crippen LogP contribution in [0.3, 0.4) is 0 Å². The van der Waals surface area contributed by atoms with Crippen LogP contribution in [0.5, 0.6) is 6.01 Å². The molecule has 0 unspecified atom stereocenters. The van der Waals surface area contributed by atoms with Gasteiger partial charge in [0.05, 0.1) is 6.61 Å². The van der Waals surface area contributed by atoms with E-state index in [9.17, 15) is 0 Å². The Balaban J connectivity index is 1.88. The van der Waals surface area contributed by atoms with Crippen LogP contribution in [0.1, 0.15) is 19.8 Å². The van der Waals surface area contributed by atoms with Gasteiger partial charge in [-0.1, -0.05) is 13.3 Å². The normalized spacial score (nSPS) is 10.7. The van der Waals surface area contributed by atoms with Crippen LogP contribution < -0.4 is 4.74 Å². The molecule has 0 radical (unpaired) electrons. The summed E-state index contributed by atoms with van der Waals surface area (Å²) in [6, 6.07) is 1.93. The molecule has 0 saturated carbocycles. The van der Waals surface area contributed by atoms with Crippen molar-refractivity contribution in [2.75, 3.05) is 19.8 Å². The van der Waals surface area contributed by atoms with Gasteiger partial charge in [-0.05, 0) is 24.1 Å². The van der Waals surface area contributed by atoms with E-state index in [1.165, 1.54) is 4.68 Å². The van der Waals surface area contributed by atoms with E-state index in [4.69, 9.17) is 21.1 Å². The molecule has 8 heteroatoms. The number of hydrogen-bond acceptors (Lipinski definition) is 6. The molecular formula is C12H16ClN5O2. The van der Waals surface area contributed by atoms with Crippen molar-refractivity contribution < 1.29 is 9.47 Å². The maximum Gasteiger partial charge on any atom is 0.322 e. The second-order valence-corrected chi connectivity index (χ2v) is 4.29. The first-order valence-electron chi connectivity index (χ1n) is 6.41. The summed E-state index contributed by atoms with van der Waals surface area (Å²) in [5.74, 6) is 0.317. The first-order chi connectivity index (χ1) is 9.79. The fourth-order valence-corrected chi connectivity index (χ4v) is 1.56. The molecular weight excluding hydrogens is 282 g/mol. The lowest BCUT2D eigenvalue weighted by molar-refractivity contribution is 0.0946. The molecule has 0 amide bonds. The van der Waals surface area contributed by atoms with Crippen molar-refractivity contribution in [3.8, 4) is 12.0 Å².